The number of hydrogen-bond donors (Lipinski definition) is 1. The first-order valence-electron chi connectivity index (χ1n) is 5.49. The van der Waals surface area contributed by atoms with E-state index >= 15 is 0 Å². The lowest BCUT2D eigenvalue weighted by atomic mass is 10.0. The van der Waals surface area contributed by atoms with Gasteiger partial charge in [-0.05, 0) is 25.5 Å². The summed E-state index contributed by atoms with van der Waals surface area (Å²) < 4.78 is 0. The first-order valence-corrected chi connectivity index (χ1v) is 5.49. The van der Waals surface area contributed by atoms with Gasteiger partial charge in [-0.2, -0.15) is 0 Å². The number of carbonyl (C=O) groups is 1. The van der Waals surface area contributed by atoms with Crippen molar-refractivity contribution in [3.05, 3.63) is 24.3 Å². The molecular formula is C11H15N3O2. The van der Waals surface area contributed by atoms with E-state index in [9.17, 15) is 4.79 Å². The van der Waals surface area contributed by atoms with Gasteiger partial charge in [-0.25, -0.2) is 9.97 Å². The molecule has 1 atom stereocenters. The van der Waals surface area contributed by atoms with Crippen molar-refractivity contribution in [1.29, 1.82) is 0 Å². The van der Waals surface area contributed by atoms with Crippen molar-refractivity contribution in [2.24, 2.45) is 0 Å². The summed E-state index contributed by atoms with van der Waals surface area (Å²) in [6, 6.07) is 1.47. The van der Waals surface area contributed by atoms with E-state index in [0.717, 1.165) is 31.5 Å². The molecule has 86 valence electrons. The van der Waals surface area contributed by atoms with Crippen molar-refractivity contribution < 1.29 is 9.90 Å². The molecule has 0 aliphatic carbocycles. The number of piperidine rings is 1. The van der Waals surface area contributed by atoms with Crippen molar-refractivity contribution in [3.8, 4) is 0 Å². The summed E-state index contributed by atoms with van der Waals surface area (Å²) in [5.41, 5.74) is 0.878. The zero-order valence-electron chi connectivity index (χ0n) is 9.04. The van der Waals surface area contributed by atoms with Crippen molar-refractivity contribution in [2.75, 3.05) is 6.54 Å². The molecule has 0 saturated carbocycles. The molecule has 1 aromatic heterocycles. The Hall–Kier alpha value is -1.49. The first-order chi connectivity index (χ1) is 7.77. The Bertz CT molecular complexity index is 356. The fourth-order valence-corrected chi connectivity index (χ4v) is 2.08. The van der Waals surface area contributed by atoms with Crippen molar-refractivity contribution in [2.45, 2.75) is 31.8 Å². The van der Waals surface area contributed by atoms with Crippen LogP contribution in [0.2, 0.25) is 0 Å². The van der Waals surface area contributed by atoms with Crippen LogP contribution in [0.5, 0.6) is 0 Å². The Morgan fingerprint density at radius 2 is 2.44 bits per heavy atom. The van der Waals surface area contributed by atoms with Crippen LogP contribution in [0.3, 0.4) is 0 Å². The van der Waals surface area contributed by atoms with Gasteiger partial charge in [-0.3, -0.25) is 9.69 Å². The van der Waals surface area contributed by atoms with Gasteiger partial charge < -0.3 is 5.11 Å². The summed E-state index contributed by atoms with van der Waals surface area (Å²) in [7, 11) is 0. The highest BCUT2D eigenvalue weighted by atomic mass is 16.4. The molecule has 2 heterocycles. The SMILES string of the molecule is O=C(O)C1CCCCN1Cc1ccncn1. The molecule has 2 rings (SSSR count). The van der Waals surface area contributed by atoms with E-state index in [-0.39, 0.29) is 6.04 Å². The molecule has 5 nitrogen and oxygen atoms in total. The highest BCUT2D eigenvalue weighted by Crippen LogP contribution is 2.18. The minimum atomic E-state index is -0.728. The van der Waals surface area contributed by atoms with Gasteiger partial charge in [0.2, 0.25) is 0 Å². The van der Waals surface area contributed by atoms with E-state index in [4.69, 9.17) is 5.11 Å². The maximum Gasteiger partial charge on any atom is 0.320 e. The predicted molar refractivity (Wildman–Crippen MR) is 57.7 cm³/mol. The van der Waals surface area contributed by atoms with Gasteiger partial charge in [0, 0.05) is 12.7 Å². The molecule has 1 saturated heterocycles. The molecule has 1 aromatic rings. The van der Waals surface area contributed by atoms with E-state index in [1.54, 1.807) is 6.20 Å². The van der Waals surface area contributed by atoms with Crippen molar-refractivity contribution in [1.82, 2.24) is 14.9 Å². The molecule has 0 radical (unpaired) electrons. The third-order valence-corrected chi connectivity index (χ3v) is 2.91. The van der Waals surface area contributed by atoms with Crippen LogP contribution in [-0.2, 0) is 11.3 Å². The average Bonchev–Trinajstić information content (AvgIpc) is 2.31. The van der Waals surface area contributed by atoms with Crippen LogP contribution in [0.25, 0.3) is 0 Å². The highest BCUT2D eigenvalue weighted by molar-refractivity contribution is 5.73. The van der Waals surface area contributed by atoms with Gasteiger partial charge in [0.1, 0.15) is 12.4 Å². The molecule has 1 N–H and O–H groups in total. The number of carboxylic acid groups (broad SMARTS) is 1. The van der Waals surface area contributed by atoms with Gasteiger partial charge in [0.05, 0.1) is 5.69 Å². The van der Waals surface area contributed by atoms with Crippen molar-refractivity contribution in [3.63, 3.8) is 0 Å². The van der Waals surface area contributed by atoms with E-state index < -0.39 is 5.97 Å². The normalized spacial score (nSPS) is 21.9. The number of carboxylic acids is 1. The van der Waals surface area contributed by atoms with Gasteiger partial charge in [0.15, 0.2) is 0 Å². The Balaban J connectivity index is 2.04. The number of nitrogens with zero attached hydrogens (tertiary/aromatic N) is 3. The lowest BCUT2D eigenvalue weighted by Gasteiger charge is -2.32. The minimum Gasteiger partial charge on any atom is -0.480 e. The topological polar surface area (TPSA) is 66.3 Å². The molecule has 16 heavy (non-hydrogen) atoms. The average molecular weight is 221 g/mol. The standard InChI is InChI=1S/C11H15N3O2/c15-11(16)10-3-1-2-6-14(10)7-9-4-5-12-8-13-9/h4-5,8,10H,1-3,6-7H2,(H,15,16). The lowest BCUT2D eigenvalue weighted by molar-refractivity contribution is -0.144. The second-order valence-electron chi connectivity index (χ2n) is 4.02. The van der Waals surface area contributed by atoms with Crippen LogP contribution >= 0.6 is 0 Å². The second-order valence-corrected chi connectivity index (χ2v) is 4.02. The summed E-state index contributed by atoms with van der Waals surface area (Å²) in [5.74, 6) is -0.728. The second kappa shape index (κ2) is 5.03. The Morgan fingerprint density at radius 1 is 1.56 bits per heavy atom. The molecule has 1 aliphatic rings. The zero-order valence-corrected chi connectivity index (χ0v) is 9.04. The third kappa shape index (κ3) is 2.55. The number of rotatable bonds is 3. The van der Waals surface area contributed by atoms with Gasteiger partial charge >= 0.3 is 5.97 Å². The summed E-state index contributed by atoms with van der Waals surface area (Å²) in [6.07, 6.45) is 5.98. The van der Waals surface area contributed by atoms with E-state index in [0.29, 0.717) is 6.54 Å². The Morgan fingerprint density at radius 3 is 3.12 bits per heavy atom. The summed E-state index contributed by atoms with van der Waals surface area (Å²) in [4.78, 5) is 21.0. The first kappa shape index (κ1) is 11.0. The van der Waals surface area contributed by atoms with Crippen LogP contribution in [-0.4, -0.2) is 38.5 Å². The third-order valence-electron chi connectivity index (χ3n) is 2.91. The maximum atomic E-state index is 11.1. The largest absolute Gasteiger partial charge is 0.480 e. The number of likely N-dealkylation sites (tertiary alicyclic amines) is 1. The monoisotopic (exact) mass is 221 g/mol. The molecule has 0 bridgehead atoms. The highest BCUT2D eigenvalue weighted by Gasteiger charge is 2.28. The van der Waals surface area contributed by atoms with Crippen LogP contribution in [0.15, 0.2) is 18.6 Å². The molecule has 5 heteroatoms. The maximum absolute atomic E-state index is 11.1. The van der Waals surface area contributed by atoms with Gasteiger partial charge in [-0.1, -0.05) is 6.42 Å². The predicted octanol–water partition coefficient (Wildman–Crippen LogP) is 0.916. The smallest absolute Gasteiger partial charge is 0.320 e. The van der Waals surface area contributed by atoms with E-state index in [1.165, 1.54) is 6.33 Å². The molecule has 0 amide bonds. The zero-order chi connectivity index (χ0) is 11.4. The molecular weight excluding hydrogens is 206 g/mol. The fraction of sp³-hybridized carbons (Fsp3) is 0.545. The quantitative estimate of drug-likeness (QED) is 0.822. The van der Waals surface area contributed by atoms with Crippen LogP contribution < -0.4 is 0 Å². The summed E-state index contributed by atoms with van der Waals surface area (Å²) in [5, 5.41) is 9.11. The molecule has 1 aliphatic heterocycles. The van der Waals surface area contributed by atoms with Gasteiger partial charge in [0.25, 0.3) is 0 Å². The summed E-state index contributed by atoms with van der Waals surface area (Å²) >= 11 is 0. The molecule has 0 aromatic carbocycles. The van der Waals surface area contributed by atoms with Crippen LogP contribution in [0.4, 0.5) is 0 Å². The Labute approximate surface area is 94.1 Å². The Kier molecular flexibility index (Phi) is 3.46. The molecule has 1 unspecified atom stereocenters. The number of aliphatic carboxylic acids is 1. The summed E-state index contributed by atoms with van der Waals surface area (Å²) in [6.45, 7) is 1.43. The number of hydrogen-bond acceptors (Lipinski definition) is 4. The molecule has 1 fully saturated rings. The fourth-order valence-electron chi connectivity index (χ4n) is 2.08. The van der Waals surface area contributed by atoms with Crippen molar-refractivity contribution >= 4 is 5.97 Å². The number of aromatic nitrogens is 2. The van der Waals surface area contributed by atoms with Gasteiger partial charge in [-0.15, -0.1) is 0 Å². The van der Waals surface area contributed by atoms with Crippen LogP contribution in [0.1, 0.15) is 25.0 Å². The molecule has 0 spiro atoms. The van der Waals surface area contributed by atoms with E-state index in [1.807, 2.05) is 11.0 Å². The minimum absolute atomic E-state index is 0.358. The van der Waals surface area contributed by atoms with Crippen LogP contribution in [0, 0.1) is 0 Å². The lowest BCUT2D eigenvalue weighted by Crippen LogP contribution is -2.44. The van der Waals surface area contributed by atoms with E-state index in [2.05, 4.69) is 9.97 Å².